The van der Waals surface area contributed by atoms with Gasteiger partial charge in [0.15, 0.2) is 0 Å². The van der Waals surface area contributed by atoms with E-state index in [0.717, 1.165) is 0 Å². The molecule has 2 rings (SSSR count). The van der Waals surface area contributed by atoms with E-state index < -0.39 is 0 Å². The predicted molar refractivity (Wildman–Crippen MR) is 68.4 cm³/mol. The van der Waals surface area contributed by atoms with Crippen LogP contribution in [0.15, 0.2) is 0 Å². The quantitative estimate of drug-likeness (QED) is 0.740. The SMILES string of the molecule is COCC(NC(C)C(=O)N1CCOCC1)C1CC1. The van der Waals surface area contributed by atoms with Crippen LogP contribution in [0.2, 0.25) is 0 Å². The van der Waals surface area contributed by atoms with Crippen molar-refractivity contribution < 1.29 is 14.3 Å². The second-order valence-corrected chi connectivity index (χ2v) is 5.23. The fourth-order valence-electron chi connectivity index (χ4n) is 2.45. The van der Waals surface area contributed by atoms with Crippen molar-refractivity contribution in [1.29, 1.82) is 0 Å². The smallest absolute Gasteiger partial charge is 0.239 e. The molecule has 1 amide bonds. The summed E-state index contributed by atoms with van der Waals surface area (Å²) in [6.45, 7) is 5.37. The van der Waals surface area contributed by atoms with Crippen molar-refractivity contribution in [2.75, 3.05) is 40.0 Å². The largest absolute Gasteiger partial charge is 0.383 e. The zero-order valence-corrected chi connectivity index (χ0v) is 11.4. The molecule has 0 radical (unpaired) electrons. The van der Waals surface area contributed by atoms with Gasteiger partial charge in [-0.15, -0.1) is 0 Å². The van der Waals surface area contributed by atoms with E-state index in [-0.39, 0.29) is 11.9 Å². The van der Waals surface area contributed by atoms with E-state index in [1.165, 1.54) is 12.8 Å². The van der Waals surface area contributed by atoms with Gasteiger partial charge in [-0.1, -0.05) is 0 Å². The Kier molecular flexibility index (Phi) is 4.97. The second kappa shape index (κ2) is 6.50. The lowest BCUT2D eigenvalue weighted by molar-refractivity contribution is -0.137. The number of methoxy groups -OCH3 is 1. The van der Waals surface area contributed by atoms with E-state index in [9.17, 15) is 4.79 Å². The zero-order chi connectivity index (χ0) is 13.0. The Morgan fingerprint density at radius 2 is 2.11 bits per heavy atom. The first-order valence-electron chi connectivity index (χ1n) is 6.84. The van der Waals surface area contributed by atoms with Crippen LogP contribution in [0.5, 0.6) is 0 Å². The number of rotatable bonds is 6. The van der Waals surface area contributed by atoms with Crippen LogP contribution in [0.25, 0.3) is 0 Å². The van der Waals surface area contributed by atoms with Crippen LogP contribution >= 0.6 is 0 Å². The Labute approximate surface area is 109 Å². The maximum absolute atomic E-state index is 12.2. The second-order valence-electron chi connectivity index (χ2n) is 5.23. The van der Waals surface area contributed by atoms with E-state index in [0.29, 0.717) is 44.9 Å². The summed E-state index contributed by atoms with van der Waals surface area (Å²) in [5.74, 6) is 0.866. The molecule has 1 saturated carbocycles. The fourth-order valence-corrected chi connectivity index (χ4v) is 2.45. The average Bonchev–Trinajstić information content (AvgIpc) is 3.22. The third kappa shape index (κ3) is 3.67. The van der Waals surface area contributed by atoms with Crippen molar-refractivity contribution in [2.45, 2.75) is 31.8 Å². The van der Waals surface area contributed by atoms with Crippen LogP contribution in [0.3, 0.4) is 0 Å². The van der Waals surface area contributed by atoms with Crippen molar-refractivity contribution in [2.24, 2.45) is 5.92 Å². The maximum Gasteiger partial charge on any atom is 0.239 e. The summed E-state index contributed by atoms with van der Waals surface area (Å²) in [6, 6.07) is 0.179. The van der Waals surface area contributed by atoms with Crippen molar-refractivity contribution >= 4 is 5.91 Å². The monoisotopic (exact) mass is 256 g/mol. The van der Waals surface area contributed by atoms with Crippen LogP contribution in [0, 0.1) is 5.92 Å². The standard InChI is InChI=1S/C13H24N2O3/c1-10(13(16)15-5-7-18-8-6-15)14-12(9-17-2)11-3-4-11/h10-12,14H,3-9H2,1-2H3. The molecular weight excluding hydrogens is 232 g/mol. The number of amides is 1. The van der Waals surface area contributed by atoms with E-state index in [2.05, 4.69) is 5.32 Å². The van der Waals surface area contributed by atoms with E-state index in [4.69, 9.17) is 9.47 Å². The highest BCUT2D eigenvalue weighted by Crippen LogP contribution is 2.32. The molecule has 2 atom stereocenters. The van der Waals surface area contributed by atoms with Gasteiger partial charge in [0.1, 0.15) is 0 Å². The molecule has 2 aliphatic rings. The summed E-state index contributed by atoms with van der Waals surface area (Å²) in [6.07, 6.45) is 2.50. The summed E-state index contributed by atoms with van der Waals surface area (Å²) in [5.41, 5.74) is 0. The first-order chi connectivity index (χ1) is 8.72. The highest BCUT2D eigenvalue weighted by molar-refractivity contribution is 5.81. The molecule has 1 heterocycles. The number of nitrogens with zero attached hydrogens (tertiary/aromatic N) is 1. The van der Waals surface area contributed by atoms with Crippen molar-refractivity contribution in [3.8, 4) is 0 Å². The number of hydrogen-bond acceptors (Lipinski definition) is 4. The molecular formula is C13H24N2O3. The molecule has 5 nitrogen and oxygen atoms in total. The lowest BCUT2D eigenvalue weighted by Gasteiger charge is -2.31. The molecule has 1 aliphatic heterocycles. The van der Waals surface area contributed by atoms with Crippen LogP contribution in [-0.2, 0) is 14.3 Å². The third-order valence-corrected chi connectivity index (χ3v) is 3.69. The molecule has 104 valence electrons. The molecule has 1 aliphatic carbocycles. The van der Waals surface area contributed by atoms with Gasteiger partial charge >= 0.3 is 0 Å². The van der Waals surface area contributed by atoms with Crippen LogP contribution in [0.4, 0.5) is 0 Å². The summed E-state index contributed by atoms with van der Waals surface area (Å²) in [5, 5.41) is 3.42. The molecule has 2 fully saturated rings. The molecule has 0 spiro atoms. The molecule has 0 aromatic heterocycles. The van der Waals surface area contributed by atoms with Gasteiger partial charge in [0.2, 0.25) is 5.91 Å². The average molecular weight is 256 g/mol. The van der Waals surface area contributed by atoms with E-state index in [1.807, 2.05) is 11.8 Å². The fraction of sp³-hybridized carbons (Fsp3) is 0.923. The van der Waals surface area contributed by atoms with E-state index in [1.54, 1.807) is 7.11 Å². The minimum Gasteiger partial charge on any atom is -0.383 e. The lowest BCUT2D eigenvalue weighted by Crippen LogP contribution is -2.52. The van der Waals surface area contributed by atoms with Crippen LogP contribution in [0.1, 0.15) is 19.8 Å². The van der Waals surface area contributed by atoms with Gasteiger partial charge < -0.3 is 19.7 Å². The Bertz CT molecular complexity index is 275. The Hall–Kier alpha value is -0.650. The molecule has 1 saturated heterocycles. The first kappa shape index (κ1) is 13.8. The highest BCUT2D eigenvalue weighted by atomic mass is 16.5. The van der Waals surface area contributed by atoms with Crippen LogP contribution < -0.4 is 5.32 Å². The predicted octanol–water partition coefficient (Wildman–Crippen LogP) is 0.248. The Balaban J connectivity index is 1.81. The zero-order valence-electron chi connectivity index (χ0n) is 11.4. The molecule has 1 N–H and O–H groups in total. The minimum absolute atomic E-state index is 0.135. The summed E-state index contributed by atoms with van der Waals surface area (Å²) in [7, 11) is 1.71. The lowest BCUT2D eigenvalue weighted by atomic mass is 10.1. The van der Waals surface area contributed by atoms with Gasteiger partial charge in [-0.2, -0.15) is 0 Å². The van der Waals surface area contributed by atoms with Gasteiger partial charge in [-0.05, 0) is 25.7 Å². The van der Waals surface area contributed by atoms with Gasteiger partial charge in [0.25, 0.3) is 0 Å². The number of morpholine rings is 1. The topological polar surface area (TPSA) is 50.8 Å². The summed E-state index contributed by atoms with van der Waals surface area (Å²) < 4.78 is 10.5. The van der Waals surface area contributed by atoms with Crippen molar-refractivity contribution in [1.82, 2.24) is 10.2 Å². The Morgan fingerprint density at radius 1 is 1.44 bits per heavy atom. The molecule has 0 aromatic rings. The van der Waals surface area contributed by atoms with Crippen molar-refractivity contribution in [3.05, 3.63) is 0 Å². The molecule has 5 heteroatoms. The molecule has 18 heavy (non-hydrogen) atoms. The molecule has 0 bridgehead atoms. The van der Waals surface area contributed by atoms with Crippen molar-refractivity contribution in [3.63, 3.8) is 0 Å². The maximum atomic E-state index is 12.2. The highest BCUT2D eigenvalue weighted by Gasteiger charge is 2.33. The number of ether oxygens (including phenoxy) is 2. The van der Waals surface area contributed by atoms with Gasteiger partial charge in [0, 0.05) is 26.2 Å². The Morgan fingerprint density at radius 3 is 2.67 bits per heavy atom. The minimum atomic E-state index is -0.135. The van der Waals surface area contributed by atoms with Gasteiger partial charge in [0.05, 0.1) is 25.9 Å². The third-order valence-electron chi connectivity index (χ3n) is 3.69. The summed E-state index contributed by atoms with van der Waals surface area (Å²) in [4.78, 5) is 14.1. The number of carbonyl (C=O) groups is 1. The molecule has 2 unspecified atom stereocenters. The van der Waals surface area contributed by atoms with Crippen LogP contribution in [-0.4, -0.2) is 62.9 Å². The number of carbonyl (C=O) groups excluding carboxylic acids is 1. The normalized spacial score (nSPS) is 23.8. The molecule has 0 aromatic carbocycles. The van der Waals surface area contributed by atoms with Gasteiger partial charge in [-0.3, -0.25) is 4.79 Å². The van der Waals surface area contributed by atoms with E-state index >= 15 is 0 Å². The number of hydrogen-bond donors (Lipinski definition) is 1. The summed E-state index contributed by atoms with van der Waals surface area (Å²) >= 11 is 0. The van der Waals surface area contributed by atoms with Gasteiger partial charge in [-0.25, -0.2) is 0 Å². The first-order valence-corrected chi connectivity index (χ1v) is 6.84. The number of nitrogens with one attached hydrogen (secondary N) is 1.